The van der Waals surface area contributed by atoms with Crippen LogP contribution in [0.2, 0.25) is 0 Å². The fourth-order valence-corrected chi connectivity index (χ4v) is 2.17. The molecule has 1 atom stereocenters. The van der Waals surface area contributed by atoms with Crippen LogP contribution in [-0.4, -0.2) is 23.7 Å². The normalized spacial score (nSPS) is 23.0. The van der Waals surface area contributed by atoms with E-state index in [2.05, 4.69) is 12.2 Å². The number of rotatable bonds is 4. The van der Waals surface area contributed by atoms with Crippen molar-refractivity contribution in [3.8, 4) is 0 Å². The quantitative estimate of drug-likeness (QED) is 0.659. The minimum absolute atomic E-state index is 0.112. The van der Waals surface area contributed by atoms with E-state index < -0.39 is 0 Å². The van der Waals surface area contributed by atoms with Crippen LogP contribution in [0.5, 0.6) is 0 Å². The maximum Gasteiger partial charge on any atom is 0.271 e. The van der Waals surface area contributed by atoms with Gasteiger partial charge in [0.2, 0.25) is 0 Å². The summed E-state index contributed by atoms with van der Waals surface area (Å²) in [5, 5.41) is 14.0. The lowest BCUT2D eigenvalue weighted by Gasteiger charge is -2.24. The number of nitrogens with zero attached hydrogens (tertiary/aromatic N) is 1. The van der Waals surface area contributed by atoms with Gasteiger partial charge in [-0.1, -0.05) is 6.07 Å². The summed E-state index contributed by atoms with van der Waals surface area (Å²) in [7, 11) is 0. The van der Waals surface area contributed by atoms with E-state index in [1.807, 2.05) is 6.92 Å². The first-order valence-electron chi connectivity index (χ1n) is 6.13. The molecule has 1 aromatic rings. The molecule has 5 heteroatoms. The van der Waals surface area contributed by atoms with Gasteiger partial charge >= 0.3 is 0 Å². The van der Waals surface area contributed by atoms with Gasteiger partial charge in [0.05, 0.1) is 10.5 Å². The zero-order chi connectivity index (χ0) is 13.2. The van der Waals surface area contributed by atoms with Gasteiger partial charge in [-0.3, -0.25) is 10.1 Å². The number of non-ortho nitro benzene ring substituents is 1. The molecule has 1 aliphatic heterocycles. The second-order valence-corrected chi connectivity index (χ2v) is 5.01. The predicted molar refractivity (Wildman–Crippen MR) is 69.9 cm³/mol. The van der Waals surface area contributed by atoms with Gasteiger partial charge in [-0.15, -0.1) is 0 Å². The van der Waals surface area contributed by atoms with E-state index in [1.165, 1.54) is 6.07 Å². The lowest BCUT2D eigenvalue weighted by molar-refractivity contribution is -0.384. The molecule has 0 spiro atoms. The van der Waals surface area contributed by atoms with Crippen molar-refractivity contribution in [2.45, 2.75) is 32.3 Å². The average molecular weight is 250 g/mol. The number of hydrogen-bond acceptors (Lipinski definition) is 4. The molecular formula is C13H18N2O3. The van der Waals surface area contributed by atoms with Crippen LogP contribution in [0, 0.1) is 17.0 Å². The van der Waals surface area contributed by atoms with Crippen molar-refractivity contribution >= 4 is 11.4 Å². The van der Waals surface area contributed by atoms with Gasteiger partial charge < -0.3 is 10.1 Å². The van der Waals surface area contributed by atoms with Gasteiger partial charge in [0, 0.05) is 31.0 Å². The Hall–Kier alpha value is -1.62. The minimum atomic E-state index is -0.377. The molecule has 0 aromatic heterocycles. The number of hydrogen-bond donors (Lipinski definition) is 1. The topological polar surface area (TPSA) is 64.4 Å². The van der Waals surface area contributed by atoms with Gasteiger partial charge in [0.15, 0.2) is 0 Å². The first kappa shape index (κ1) is 12.8. The fourth-order valence-electron chi connectivity index (χ4n) is 2.17. The Morgan fingerprint density at radius 2 is 2.33 bits per heavy atom. The third-order valence-electron chi connectivity index (χ3n) is 3.39. The van der Waals surface area contributed by atoms with E-state index in [0.717, 1.165) is 30.7 Å². The maximum atomic E-state index is 10.7. The molecule has 0 radical (unpaired) electrons. The maximum absolute atomic E-state index is 10.7. The summed E-state index contributed by atoms with van der Waals surface area (Å²) in [6.07, 6.45) is 2.10. The first-order valence-corrected chi connectivity index (χ1v) is 6.13. The van der Waals surface area contributed by atoms with Crippen molar-refractivity contribution in [2.75, 3.05) is 18.5 Å². The highest BCUT2D eigenvalue weighted by atomic mass is 16.6. The second-order valence-electron chi connectivity index (χ2n) is 5.01. The third kappa shape index (κ3) is 2.79. The van der Waals surface area contributed by atoms with Gasteiger partial charge in [-0.05, 0) is 32.3 Å². The molecule has 2 rings (SSSR count). The standard InChI is InChI=1S/C13H18N2O3/c1-10-4-5-11(15(16)17)8-12(10)14-9-13(2)6-3-7-18-13/h4-5,8,14H,3,6-7,9H2,1-2H3. The van der Waals surface area contributed by atoms with E-state index in [-0.39, 0.29) is 16.2 Å². The Labute approximate surface area is 106 Å². The number of aryl methyl sites for hydroxylation is 1. The lowest BCUT2D eigenvalue weighted by atomic mass is 10.0. The van der Waals surface area contributed by atoms with Gasteiger partial charge in [-0.25, -0.2) is 0 Å². The van der Waals surface area contributed by atoms with Crippen molar-refractivity contribution < 1.29 is 9.66 Å². The molecular weight excluding hydrogens is 232 g/mol. The molecule has 1 unspecified atom stereocenters. The Balaban J connectivity index is 2.08. The van der Waals surface area contributed by atoms with Crippen molar-refractivity contribution in [3.63, 3.8) is 0 Å². The number of ether oxygens (including phenoxy) is 1. The summed E-state index contributed by atoms with van der Waals surface area (Å²) in [6, 6.07) is 4.86. The summed E-state index contributed by atoms with van der Waals surface area (Å²) < 4.78 is 5.68. The number of benzene rings is 1. The first-order chi connectivity index (χ1) is 8.50. The summed E-state index contributed by atoms with van der Waals surface area (Å²) in [5.74, 6) is 0. The monoisotopic (exact) mass is 250 g/mol. The molecule has 5 nitrogen and oxygen atoms in total. The van der Waals surface area contributed by atoms with Crippen LogP contribution in [0.4, 0.5) is 11.4 Å². The van der Waals surface area contributed by atoms with Crippen LogP contribution in [0.3, 0.4) is 0 Å². The van der Waals surface area contributed by atoms with Crippen LogP contribution in [0.1, 0.15) is 25.3 Å². The van der Waals surface area contributed by atoms with E-state index in [1.54, 1.807) is 12.1 Å². The summed E-state index contributed by atoms with van der Waals surface area (Å²) >= 11 is 0. The van der Waals surface area contributed by atoms with Crippen LogP contribution in [0.25, 0.3) is 0 Å². The lowest BCUT2D eigenvalue weighted by Crippen LogP contribution is -2.32. The largest absolute Gasteiger partial charge is 0.382 e. The van der Waals surface area contributed by atoms with E-state index in [4.69, 9.17) is 4.74 Å². The number of nitro groups is 1. The highest BCUT2D eigenvalue weighted by Crippen LogP contribution is 2.27. The van der Waals surface area contributed by atoms with Crippen LogP contribution < -0.4 is 5.32 Å². The zero-order valence-corrected chi connectivity index (χ0v) is 10.7. The smallest absolute Gasteiger partial charge is 0.271 e. The van der Waals surface area contributed by atoms with E-state index in [9.17, 15) is 10.1 Å². The molecule has 18 heavy (non-hydrogen) atoms. The fraction of sp³-hybridized carbons (Fsp3) is 0.538. The van der Waals surface area contributed by atoms with Crippen molar-refractivity contribution in [3.05, 3.63) is 33.9 Å². The number of anilines is 1. The Morgan fingerprint density at radius 3 is 2.94 bits per heavy atom. The van der Waals surface area contributed by atoms with Crippen LogP contribution >= 0.6 is 0 Å². The third-order valence-corrected chi connectivity index (χ3v) is 3.39. The van der Waals surface area contributed by atoms with Crippen LogP contribution in [0.15, 0.2) is 18.2 Å². The van der Waals surface area contributed by atoms with Crippen molar-refractivity contribution in [1.82, 2.24) is 0 Å². The summed E-state index contributed by atoms with van der Waals surface area (Å²) in [6.45, 7) is 5.48. The highest BCUT2D eigenvalue weighted by Gasteiger charge is 2.29. The van der Waals surface area contributed by atoms with Crippen molar-refractivity contribution in [2.24, 2.45) is 0 Å². The number of nitro benzene ring substituents is 1. The highest BCUT2D eigenvalue weighted by molar-refractivity contribution is 5.56. The summed E-state index contributed by atoms with van der Waals surface area (Å²) in [4.78, 5) is 10.4. The van der Waals surface area contributed by atoms with Gasteiger partial charge in [-0.2, -0.15) is 0 Å². The predicted octanol–water partition coefficient (Wildman–Crippen LogP) is 2.88. The molecule has 1 aromatic carbocycles. The van der Waals surface area contributed by atoms with Crippen molar-refractivity contribution in [1.29, 1.82) is 0 Å². The molecule has 0 amide bonds. The molecule has 1 saturated heterocycles. The number of nitrogens with one attached hydrogen (secondary N) is 1. The summed E-state index contributed by atoms with van der Waals surface area (Å²) in [5.41, 5.74) is 1.76. The molecule has 1 fully saturated rings. The van der Waals surface area contributed by atoms with E-state index in [0.29, 0.717) is 6.54 Å². The SMILES string of the molecule is Cc1ccc([N+](=O)[O-])cc1NCC1(C)CCCO1. The zero-order valence-electron chi connectivity index (χ0n) is 10.7. The second kappa shape index (κ2) is 4.94. The molecule has 0 bridgehead atoms. The molecule has 1 aliphatic rings. The molecule has 1 heterocycles. The molecule has 0 aliphatic carbocycles. The molecule has 0 saturated carbocycles. The Bertz CT molecular complexity index is 454. The van der Waals surface area contributed by atoms with Gasteiger partial charge in [0.25, 0.3) is 5.69 Å². The average Bonchev–Trinajstić information content (AvgIpc) is 2.75. The Kier molecular flexibility index (Phi) is 3.52. The Morgan fingerprint density at radius 1 is 1.56 bits per heavy atom. The van der Waals surface area contributed by atoms with E-state index >= 15 is 0 Å². The minimum Gasteiger partial charge on any atom is -0.382 e. The van der Waals surface area contributed by atoms with Gasteiger partial charge in [0.1, 0.15) is 0 Å². The molecule has 98 valence electrons. The molecule has 1 N–H and O–H groups in total. The van der Waals surface area contributed by atoms with Crippen LogP contribution in [-0.2, 0) is 4.74 Å².